The maximum absolute atomic E-state index is 13.7. The second-order valence-electron chi connectivity index (χ2n) is 8.65. The summed E-state index contributed by atoms with van der Waals surface area (Å²) in [6.45, 7) is 3.93. The number of thiophene rings is 1. The number of hydrogen-bond acceptors (Lipinski definition) is 4. The third-order valence-corrected chi connectivity index (χ3v) is 9.02. The molecule has 2 unspecified atom stereocenters. The molecular weight excluding hydrogens is 483 g/mol. The minimum absolute atomic E-state index is 0.256. The highest BCUT2D eigenvalue weighted by molar-refractivity contribution is 7.92. The summed E-state index contributed by atoms with van der Waals surface area (Å²) in [6.07, 6.45) is 2.83. The zero-order valence-electron chi connectivity index (χ0n) is 19.8. The summed E-state index contributed by atoms with van der Waals surface area (Å²) in [7, 11) is -3.85. The monoisotopic (exact) mass is 512 g/mol. The summed E-state index contributed by atoms with van der Waals surface area (Å²) < 4.78 is 41.5. The first-order valence-electron chi connectivity index (χ1n) is 11.7. The van der Waals surface area contributed by atoms with E-state index in [1.807, 2.05) is 55.6 Å². The fraction of sp³-hybridized carbons (Fsp3) is 0.296. The van der Waals surface area contributed by atoms with Crippen LogP contribution < -0.4 is 0 Å². The number of carbonyl (C=O) groups is 1. The zero-order valence-corrected chi connectivity index (χ0v) is 21.4. The maximum Gasteiger partial charge on any atom is 0.238 e. The van der Waals surface area contributed by atoms with E-state index in [2.05, 4.69) is 0 Å². The second-order valence-corrected chi connectivity index (χ2v) is 11.4. The lowest BCUT2D eigenvalue weighted by molar-refractivity contribution is -0.133. The summed E-state index contributed by atoms with van der Waals surface area (Å²) >= 11 is 1.64. The van der Waals surface area contributed by atoms with Crippen molar-refractivity contribution in [3.05, 3.63) is 98.8 Å². The SMILES string of the molecule is CCC(C)N(CC(=O)N1CCc2sccc2C1c1ccc(F)cc1)S(=O)(=O)/C=C/c1ccccc1. The lowest BCUT2D eigenvalue weighted by atomic mass is 9.93. The molecule has 1 amide bonds. The molecule has 184 valence electrons. The van der Waals surface area contributed by atoms with Crippen LogP contribution in [0.3, 0.4) is 0 Å². The van der Waals surface area contributed by atoms with Crippen LogP contribution >= 0.6 is 11.3 Å². The molecule has 2 aromatic carbocycles. The number of halogens is 1. The second kappa shape index (κ2) is 10.8. The predicted octanol–water partition coefficient (Wildman–Crippen LogP) is 5.46. The number of fused-ring (bicyclic) bond motifs is 1. The van der Waals surface area contributed by atoms with E-state index >= 15 is 0 Å². The maximum atomic E-state index is 13.7. The van der Waals surface area contributed by atoms with Crippen molar-refractivity contribution in [3.8, 4) is 0 Å². The Bertz CT molecular complexity index is 1290. The molecule has 0 bridgehead atoms. The van der Waals surface area contributed by atoms with E-state index in [1.54, 1.807) is 34.4 Å². The summed E-state index contributed by atoms with van der Waals surface area (Å²) in [5.41, 5.74) is 2.59. The highest BCUT2D eigenvalue weighted by atomic mass is 32.2. The molecule has 0 spiro atoms. The first-order valence-corrected chi connectivity index (χ1v) is 14.0. The molecule has 0 saturated carbocycles. The van der Waals surface area contributed by atoms with Gasteiger partial charge in [-0.15, -0.1) is 11.3 Å². The van der Waals surface area contributed by atoms with E-state index < -0.39 is 10.0 Å². The predicted molar refractivity (Wildman–Crippen MR) is 139 cm³/mol. The summed E-state index contributed by atoms with van der Waals surface area (Å²) in [4.78, 5) is 16.6. The van der Waals surface area contributed by atoms with Gasteiger partial charge in [-0.05, 0) is 66.1 Å². The molecule has 4 rings (SSSR count). The Morgan fingerprint density at radius 3 is 2.57 bits per heavy atom. The average Bonchev–Trinajstić information content (AvgIpc) is 3.35. The Morgan fingerprint density at radius 2 is 1.89 bits per heavy atom. The van der Waals surface area contributed by atoms with Gasteiger partial charge in [0.2, 0.25) is 15.9 Å². The first-order chi connectivity index (χ1) is 16.8. The van der Waals surface area contributed by atoms with Crippen LogP contribution in [0.1, 0.15) is 47.9 Å². The molecule has 1 aliphatic heterocycles. The van der Waals surface area contributed by atoms with Crippen molar-refractivity contribution >= 4 is 33.3 Å². The standard InChI is InChI=1S/C27H29FN2O3S2/c1-3-20(2)30(35(32,33)18-15-21-7-5-4-6-8-21)19-26(31)29-16-13-25-24(14-17-34-25)27(29)22-9-11-23(28)12-10-22/h4-12,14-15,17-18,20,27H,3,13,16,19H2,1-2H3/b18-15+. The number of amides is 1. The molecule has 5 nitrogen and oxygen atoms in total. The normalized spacial score (nSPS) is 17.0. The fourth-order valence-electron chi connectivity index (χ4n) is 4.32. The number of carbonyl (C=O) groups excluding carboxylic acids is 1. The van der Waals surface area contributed by atoms with Gasteiger partial charge in [0.25, 0.3) is 0 Å². The van der Waals surface area contributed by atoms with E-state index in [0.717, 1.165) is 16.7 Å². The van der Waals surface area contributed by atoms with Crippen molar-refractivity contribution in [2.24, 2.45) is 0 Å². The molecule has 0 aliphatic carbocycles. The summed E-state index contributed by atoms with van der Waals surface area (Å²) in [6, 6.07) is 16.6. The Hall–Kier alpha value is -2.81. The molecule has 0 fully saturated rings. The Balaban J connectivity index is 1.62. The van der Waals surface area contributed by atoms with Gasteiger partial charge in [0.15, 0.2) is 0 Å². The molecule has 3 aromatic rings. The molecule has 0 N–H and O–H groups in total. The van der Waals surface area contributed by atoms with E-state index in [4.69, 9.17) is 0 Å². The molecule has 0 saturated heterocycles. The fourth-order valence-corrected chi connectivity index (χ4v) is 6.65. The van der Waals surface area contributed by atoms with Crippen molar-refractivity contribution < 1.29 is 17.6 Å². The van der Waals surface area contributed by atoms with Crippen molar-refractivity contribution in [1.82, 2.24) is 9.21 Å². The summed E-state index contributed by atoms with van der Waals surface area (Å²) in [5.74, 6) is -0.611. The molecule has 8 heteroatoms. The van der Waals surface area contributed by atoms with Crippen LogP contribution in [0.2, 0.25) is 0 Å². The number of benzene rings is 2. The number of nitrogens with zero attached hydrogens (tertiary/aromatic N) is 2. The average molecular weight is 513 g/mol. The molecular formula is C27H29FN2O3S2. The Morgan fingerprint density at radius 1 is 1.17 bits per heavy atom. The molecule has 1 aromatic heterocycles. The Labute approximate surface area is 210 Å². The van der Waals surface area contributed by atoms with Crippen molar-refractivity contribution in [3.63, 3.8) is 0 Å². The lowest BCUT2D eigenvalue weighted by Gasteiger charge is -2.38. The Kier molecular flexibility index (Phi) is 7.84. The number of rotatable bonds is 8. The third-order valence-electron chi connectivity index (χ3n) is 6.40. The van der Waals surface area contributed by atoms with Crippen LogP contribution in [-0.4, -0.2) is 42.7 Å². The lowest BCUT2D eigenvalue weighted by Crippen LogP contribution is -2.48. The van der Waals surface area contributed by atoms with Gasteiger partial charge in [-0.1, -0.05) is 49.4 Å². The molecule has 2 heterocycles. The number of hydrogen-bond donors (Lipinski definition) is 0. The van der Waals surface area contributed by atoms with Gasteiger partial charge in [0.1, 0.15) is 5.82 Å². The molecule has 2 atom stereocenters. The first kappa shape index (κ1) is 25.3. The van der Waals surface area contributed by atoms with Gasteiger partial charge >= 0.3 is 0 Å². The molecule has 35 heavy (non-hydrogen) atoms. The summed E-state index contributed by atoms with van der Waals surface area (Å²) in [5, 5.41) is 3.17. The topological polar surface area (TPSA) is 57.7 Å². The van der Waals surface area contributed by atoms with Gasteiger partial charge in [-0.3, -0.25) is 4.79 Å². The number of sulfonamides is 1. The van der Waals surface area contributed by atoms with Crippen LogP contribution in [0, 0.1) is 5.82 Å². The van der Waals surface area contributed by atoms with Crippen molar-refractivity contribution in [2.75, 3.05) is 13.1 Å². The van der Waals surface area contributed by atoms with Crippen LogP contribution in [0.4, 0.5) is 4.39 Å². The minimum Gasteiger partial charge on any atom is -0.330 e. The van der Waals surface area contributed by atoms with Gasteiger partial charge in [0, 0.05) is 22.9 Å². The van der Waals surface area contributed by atoms with Gasteiger partial charge in [-0.25, -0.2) is 12.8 Å². The van der Waals surface area contributed by atoms with E-state index in [0.29, 0.717) is 19.4 Å². The molecule has 1 aliphatic rings. The molecule has 0 radical (unpaired) electrons. The minimum atomic E-state index is -3.85. The van der Waals surface area contributed by atoms with Gasteiger partial charge < -0.3 is 4.90 Å². The van der Waals surface area contributed by atoms with E-state index in [9.17, 15) is 17.6 Å². The quantitative estimate of drug-likeness (QED) is 0.403. The van der Waals surface area contributed by atoms with Crippen LogP contribution in [0.15, 0.2) is 71.5 Å². The van der Waals surface area contributed by atoms with Gasteiger partial charge in [-0.2, -0.15) is 4.31 Å². The van der Waals surface area contributed by atoms with E-state index in [-0.39, 0.29) is 30.4 Å². The third kappa shape index (κ3) is 5.72. The van der Waals surface area contributed by atoms with Gasteiger partial charge in [0.05, 0.1) is 12.6 Å². The van der Waals surface area contributed by atoms with E-state index in [1.165, 1.54) is 26.7 Å². The highest BCUT2D eigenvalue weighted by Gasteiger charge is 2.35. The largest absolute Gasteiger partial charge is 0.330 e. The van der Waals surface area contributed by atoms with Crippen LogP contribution in [0.25, 0.3) is 6.08 Å². The van der Waals surface area contributed by atoms with Crippen molar-refractivity contribution in [2.45, 2.75) is 38.8 Å². The van der Waals surface area contributed by atoms with Crippen LogP contribution in [0.5, 0.6) is 0 Å². The van der Waals surface area contributed by atoms with Crippen molar-refractivity contribution in [1.29, 1.82) is 0 Å². The smallest absolute Gasteiger partial charge is 0.238 e. The van der Waals surface area contributed by atoms with Crippen LogP contribution in [-0.2, 0) is 21.2 Å². The zero-order chi connectivity index (χ0) is 25.0. The highest BCUT2D eigenvalue weighted by Crippen LogP contribution is 2.38.